The number of amides is 1. The van der Waals surface area contributed by atoms with Gasteiger partial charge in [-0.1, -0.05) is 43.4 Å². The summed E-state index contributed by atoms with van der Waals surface area (Å²) >= 11 is 2.81. The summed E-state index contributed by atoms with van der Waals surface area (Å²) in [5.41, 5.74) is 0. The molecule has 1 aromatic rings. The maximum atomic E-state index is 12.8. The van der Waals surface area contributed by atoms with Crippen LogP contribution in [0.25, 0.3) is 0 Å². The van der Waals surface area contributed by atoms with E-state index in [1.165, 1.54) is 23.1 Å². The number of carbonyl (C=O) groups is 1. The van der Waals surface area contributed by atoms with Gasteiger partial charge in [0.15, 0.2) is 14.2 Å². The van der Waals surface area contributed by atoms with E-state index in [-0.39, 0.29) is 35.2 Å². The van der Waals surface area contributed by atoms with E-state index < -0.39 is 9.84 Å². The summed E-state index contributed by atoms with van der Waals surface area (Å²) in [4.78, 5) is 14.6. The second-order valence-electron chi connectivity index (χ2n) is 6.56. The number of unbranched alkanes of at least 4 members (excludes halogenated alkanes) is 1. The van der Waals surface area contributed by atoms with E-state index >= 15 is 0 Å². The molecule has 1 N–H and O–H groups in total. The van der Waals surface area contributed by atoms with Crippen molar-refractivity contribution in [3.63, 3.8) is 0 Å². The Balaban J connectivity index is 1.93. The Hall–Kier alpha value is -0.870. The Labute approximate surface area is 164 Å². The predicted octanol–water partition coefficient (Wildman–Crippen LogP) is 2.66. The molecule has 7 nitrogen and oxygen atoms in total. The van der Waals surface area contributed by atoms with E-state index in [0.29, 0.717) is 6.42 Å². The van der Waals surface area contributed by atoms with E-state index in [4.69, 9.17) is 0 Å². The lowest BCUT2D eigenvalue weighted by Crippen LogP contribution is -2.47. The minimum atomic E-state index is -3.02. The molecule has 0 aliphatic carbocycles. The molecule has 10 heteroatoms. The molecule has 0 saturated carbocycles. The van der Waals surface area contributed by atoms with Crippen LogP contribution in [0.15, 0.2) is 4.34 Å². The van der Waals surface area contributed by atoms with Gasteiger partial charge in [-0.25, -0.2) is 8.42 Å². The molecule has 2 atom stereocenters. The van der Waals surface area contributed by atoms with Gasteiger partial charge in [0.2, 0.25) is 11.0 Å². The summed E-state index contributed by atoms with van der Waals surface area (Å²) in [5.74, 6) is 0.485. The van der Waals surface area contributed by atoms with Crippen LogP contribution in [0.2, 0.25) is 0 Å². The lowest BCUT2D eigenvalue weighted by molar-refractivity contribution is -0.132. The molecular formula is C16H28N4O3S3. The zero-order valence-electron chi connectivity index (χ0n) is 15.6. The number of nitrogens with one attached hydrogen (secondary N) is 1. The standard InChI is InChI=1S/C16H28N4O3S3/c1-4-6-8-17-15-18-19-16(25-15)24-10-14(21)20(12(3)5-2)13-7-9-26(22,23)11-13/h12-13H,4-11H2,1-3H3,(H,17,18). The molecule has 2 unspecified atom stereocenters. The minimum absolute atomic E-state index is 0.0258. The second kappa shape index (κ2) is 9.89. The molecule has 0 spiro atoms. The van der Waals surface area contributed by atoms with Crippen LogP contribution in [0.3, 0.4) is 0 Å². The highest BCUT2D eigenvalue weighted by molar-refractivity contribution is 8.01. The van der Waals surface area contributed by atoms with Crippen LogP contribution in [0.5, 0.6) is 0 Å². The van der Waals surface area contributed by atoms with Gasteiger partial charge in [0.05, 0.1) is 17.3 Å². The van der Waals surface area contributed by atoms with Gasteiger partial charge >= 0.3 is 0 Å². The van der Waals surface area contributed by atoms with Crippen molar-refractivity contribution in [1.29, 1.82) is 0 Å². The monoisotopic (exact) mass is 420 g/mol. The molecule has 2 rings (SSSR count). The van der Waals surface area contributed by atoms with Crippen LogP contribution in [0, 0.1) is 0 Å². The third-order valence-corrected chi connectivity index (χ3v) is 8.24. The topological polar surface area (TPSA) is 92.3 Å². The molecule has 1 aromatic heterocycles. The summed E-state index contributed by atoms with van der Waals surface area (Å²) in [6.45, 7) is 6.99. The third kappa shape index (κ3) is 6.09. The molecule has 1 amide bonds. The quantitative estimate of drug-likeness (QED) is 0.459. The fourth-order valence-corrected chi connectivity index (χ4v) is 6.27. The number of thioether (sulfide) groups is 1. The maximum Gasteiger partial charge on any atom is 0.233 e. The number of carbonyl (C=O) groups excluding carboxylic acids is 1. The number of sulfone groups is 1. The van der Waals surface area contributed by atoms with Gasteiger partial charge in [0, 0.05) is 18.6 Å². The maximum absolute atomic E-state index is 12.8. The average molecular weight is 421 g/mol. The van der Waals surface area contributed by atoms with Crippen molar-refractivity contribution in [3.8, 4) is 0 Å². The number of hydrogen-bond acceptors (Lipinski definition) is 8. The van der Waals surface area contributed by atoms with Gasteiger partial charge < -0.3 is 10.2 Å². The Morgan fingerprint density at radius 1 is 1.42 bits per heavy atom. The van der Waals surface area contributed by atoms with Crippen molar-refractivity contribution in [2.75, 3.05) is 29.1 Å². The van der Waals surface area contributed by atoms with Gasteiger partial charge in [-0.2, -0.15) is 0 Å². The van der Waals surface area contributed by atoms with Crippen molar-refractivity contribution < 1.29 is 13.2 Å². The van der Waals surface area contributed by atoms with Crippen LogP contribution in [0.1, 0.15) is 46.5 Å². The minimum Gasteiger partial charge on any atom is -0.360 e. The highest BCUT2D eigenvalue weighted by atomic mass is 32.2. The Kier molecular flexibility index (Phi) is 8.15. The van der Waals surface area contributed by atoms with Gasteiger partial charge in [0.1, 0.15) is 0 Å². The highest BCUT2D eigenvalue weighted by Gasteiger charge is 2.36. The molecule has 0 aromatic carbocycles. The van der Waals surface area contributed by atoms with Gasteiger partial charge in [-0.15, -0.1) is 10.2 Å². The molecular weight excluding hydrogens is 392 g/mol. The number of anilines is 1. The zero-order chi connectivity index (χ0) is 19.2. The first-order valence-electron chi connectivity index (χ1n) is 9.08. The highest BCUT2D eigenvalue weighted by Crippen LogP contribution is 2.27. The van der Waals surface area contributed by atoms with Crippen molar-refractivity contribution in [2.45, 2.75) is 62.9 Å². The van der Waals surface area contributed by atoms with Gasteiger partial charge in [0.25, 0.3) is 0 Å². The van der Waals surface area contributed by atoms with E-state index in [0.717, 1.165) is 35.3 Å². The van der Waals surface area contributed by atoms with Gasteiger partial charge in [-0.05, 0) is 26.2 Å². The zero-order valence-corrected chi connectivity index (χ0v) is 18.1. The molecule has 1 fully saturated rings. The summed E-state index contributed by atoms with van der Waals surface area (Å²) in [6.07, 6.45) is 3.53. The van der Waals surface area contributed by atoms with Crippen molar-refractivity contribution in [1.82, 2.24) is 15.1 Å². The molecule has 1 aliphatic heterocycles. The lowest BCUT2D eigenvalue weighted by atomic mass is 10.1. The number of hydrogen-bond donors (Lipinski definition) is 1. The van der Waals surface area contributed by atoms with Crippen LogP contribution < -0.4 is 5.32 Å². The van der Waals surface area contributed by atoms with E-state index in [2.05, 4.69) is 22.4 Å². The first-order chi connectivity index (χ1) is 12.4. The number of rotatable bonds is 10. The van der Waals surface area contributed by atoms with Crippen LogP contribution in [-0.4, -0.2) is 65.3 Å². The third-order valence-electron chi connectivity index (χ3n) is 4.49. The predicted molar refractivity (Wildman–Crippen MR) is 108 cm³/mol. The Morgan fingerprint density at radius 2 is 2.19 bits per heavy atom. The Bertz CT molecular complexity index is 693. The fourth-order valence-electron chi connectivity index (χ4n) is 2.91. The van der Waals surface area contributed by atoms with Crippen molar-refractivity contribution in [3.05, 3.63) is 0 Å². The molecule has 1 saturated heterocycles. The second-order valence-corrected chi connectivity index (χ2v) is 11.0. The molecule has 148 valence electrons. The molecule has 0 bridgehead atoms. The van der Waals surface area contributed by atoms with Crippen LogP contribution >= 0.6 is 23.1 Å². The Morgan fingerprint density at radius 3 is 2.81 bits per heavy atom. The number of nitrogens with zero attached hydrogens (tertiary/aromatic N) is 3. The van der Waals surface area contributed by atoms with Crippen molar-refractivity contribution in [2.24, 2.45) is 0 Å². The van der Waals surface area contributed by atoms with E-state index in [9.17, 15) is 13.2 Å². The fraction of sp³-hybridized carbons (Fsp3) is 0.812. The van der Waals surface area contributed by atoms with Crippen LogP contribution in [-0.2, 0) is 14.6 Å². The molecule has 26 heavy (non-hydrogen) atoms. The lowest BCUT2D eigenvalue weighted by Gasteiger charge is -2.33. The molecule has 1 aliphatic rings. The SMILES string of the molecule is CCCCNc1nnc(SCC(=O)N(C(C)CC)C2CCS(=O)(=O)C2)s1. The smallest absolute Gasteiger partial charge is 0.233 e. The van der Waals surface area contributed by atoms with E-state index in [1.54, 1.807) is 4.90 Å². The summed E-state index contributed by atoms with van der Waals surface area (Å²) in [5, 5.41) is 12.2. The summed E-state index contributed by atoms with van der Waals surface area (Å²) in [7, 11) is -3.02. The molecule has 0 radical (unpaired) electrons. The first kappa shape index (κ1) is 21.4. The van der Waals surface area contributed by atoms with E-state index in [1.807, 2.05) is 13.8 Å². The number of aromatic nitrogens is 2. The normalized spacial score (nSPS) is 20.0. The average Bonchev–Trinajstić information content (AvgIpc) is 3.19. The van der Waals surface area contributed by atoms with Crippen LogP contribution in [0.4, 0.5) is 5.13 Å². The summed E-state index contributed by atoms with van der Waals surface area (Å²) < 4.78 is 24.4. The van der Waals surface area contributed by atoms with Gasteiger partial charge in [-0.3, -0.25) is 4.79 Å². The molecule has 2 heterocycles. The largest absolute Gasteiger partial charge is 0.360 e. The summed E-state index contributed by atoms with van der Waals surface area (Å²) in [6, 6.07) is -0.175. The first-order valence-corrected chi connectivity index (χ1v) is 12.7. The van der Waals surface area contributed by atoms with Crippen molar-refractivity contribution >= 4 is 44.0 Å².